The fourth-order valence-electron chi connectivity index (χ4n) is 2.74. The highest BCUT2D eigenvalue weighted by atomic mass is 16.4. The van der Waals surface area contributed by atoms with Crippen molar-refractivity contribution in [1.29, 1.82) is 0 Å². The molecule has 1 aliphatic rings. The van der Waals surface area contributed by atoms with E-state index in [1.54, 1.807) is 0 Å². The summed E-state index contributed by atoms with van der Waals surface area (Å²) >= 11 is 0. The molecule has 1 fully saturated rings. The number of aliphatic carboxylic acids is 1. The molecule has 0 aliphatic heterocycles. The van der Waals surface area contributed by atoms with Gasteiger partial charge in [-0.25, -0.2) is 0 Å². The molecule has 0 heterocycles. The monoisotopic (exact) mass is 222 g/mol. The number of carboxylic acid groups (broad SMARTS) is 1. The summed E-state index contributed by atoms with van der Waals surface area (Å²) < 4.78 is 0. The standard InChI is InChI=1S/C14H22O2/c1-3-5-6-9-14(13(15)16)10-7-12(4-2)8-11-14/h1,12H,4-11H2,2H3,(H,15,16). The second-order valence-electron chi connectivity index (χ2n) is 4.99. The molecule has 0 unspecified atom stereocenters. The molecule has 1 aliphatic carbocycles. The number of carboxylic acids is 1. The van der Waals surface area contributed by atoms with Gasteiger partial charge in [-0.05, 0) is 44.4 Å². The molecular formula is C14H22O2. The van der Waals surface area contributed by atoms with Gasteiger partial charge in [0, 0.05) is 6.42 Å². The van der Waals surface area contributed by atoms with Crippen LogP contribution >= 0.6 is 0 Å². The largest absolute Gasteiger partial charge is 0.481 e. The maximum atomic E-state index is 11.4. The fraction of sp³-hybridized carbons (Fsp3) is 0.786. The summed E-state index contributed by atoms with van der Waals surface area (Å²) in [6, 6.07) is 0. The van der Waals surface area contributed by atoms with E-state index in [-0.39, 0.29) is 0 Å². The van der Waals surface area contributed by atoms with Gasteiger partial charge in [-0.2, -0.15) is 0 Å². The summed E-state index contributed by atoms with van der Waals surface area (Å²) in [6.07, 6.45) is 12.5. The maximum absolute atomic E-state index is 11.4. The summed E-state index contributed by atoms with van der Waals surface area (Å²) in [5, 5.41) is 9.40. The van der Waals surface area contributed by atoms with Crippen molar-refractivity contribution in [2.45, 2.75) is 58.3 Å². The number of hydrogen-bond acceptors (Lipinski definition) is 1. The van der Waals surface area contributed by atoms with Crippen molar-refractivity contribution >= 4 is 5.97 Å². The summed E-state index contributed by atoms with van der Waals surface area (Å²) in [5.41, 5.74) is -0.470. The quantitative estimate of drug-likeness (QED) is 0.571. The molecule has 2 heteroatoms. The van der Waals surface area contributed by atoms with E-state index in [1.807, 2.05) is 0 Å². The minimum absolute atomic E-state index is 0.470. The van der Waals surface area contributed by atoms with E-state index in [0.29, 0.717) is 6.42 Å². The normalized spacial score (nSPS) is 29.6. The molecule has 1 saturated carbocycles. The Morgan fingerprint density at radius 1 is 1.50 bits per heavy atom. The van der Waals surface area contributed by atoms with Crippen molar-refractivity contribution in [3.05, 3.63) is 0 Å². The molecular weight excluding hydrogens is 200 g/mol. The van der Waals surface area contributed by atoms with Crippen molar-refractivity contribution in [2.75, 3.05) is 0 Å². The Balaban J connectivity index is 2.55. The molecule has 0 saturated heterocycles. The zero-order valence-electron chi connectivity index (χ0n) is 10.2. The number of terminal acetylenes is 1. The van der Waals surface area contributed by atoms with E-state index in [4.69, 9.17) is 6.42 Å². The van der Waals surface area contributed by atoms with Crippen LogP contribution in [0.2, 0.25) is 0 Å². The minimum atomic E-state index is -0.612. The van der Waals surface area contributed by atoms with Crippen LogP contribution in [-0.2, 0) is 4.79 Å². The Morgan fingerprint density at radius 3 is 2.56 bits per heavy atom. The molecule has 0 spiro atoms. The maximum Gasteiger partial charge on any atom is 0.309 e. The van der Waals surface area contributed by atoms with Crippen LogP contribution in [0.5, 0.6) is 0 Å². The SMILES string of the molecule is C#CCCCC1(C(=O)O)CCC(CC)CC1. The van der Waals surface area contributed by atoms with E-state index >= 15 is 0 Å². The second-order valence-corrected chi connectivity index (χ2v) is 4.99. The van der Waals surface area contributed by atoms with E-state index < -0.39 is 11.4 Å². The Kier molecular flexibility index (Phi) is 4.86. The number of carbonyl (C=O) groups is 1. The highest BCUT2D eigenvalue weighted by Gasteiger charge is 2.40. The Hall–Kier alpha value is -0.970. The van der Waals surface area contributed by atoms with Gasteiger partial charge in [-0.3, -0.25) is 4.79 Å². The van der Waals surface area contributed by atoms with Crippen LogP contribution in [0.25, 0.3) is 0 Å². The van der Waals surface area contributed by atoms with Crippen molar-refractivity contribution in [3.8, 4) is 12.3 Å². The third-order valence-corrected chi connectivity index (χ3v) is 4.07. The first kappa shape index (κ1) is 13.1. The molecule has 0 radical (unpaired) electrons. The Bertz CT molecular complexity index is 267. The van der Waals surface area contributed by atoms with Crippen LogP contribution in [0.4, 0.5) is 0 Å². The highest BCUT2D eigenvalue weighted by molar-refractivity contribution is 5.74. The van der Waals surface area contributed by atoms with Gasteiger partial charge in [0.25, 0.3) is 0 Å². The molecule has 90 valence electrons. The van der Waals surface area contributed by atoms with Crippen LogP contribution in [0.15, 0.2) is 0 Å². The summed E-state index contributed by atoms with van der Waals surface area (Å²) in [6.45, 7) is 2.19. The minimum Gasteiger partial charge on any atom is -0.481 e. The molecule has 16 heavy (non-hydrogen) atoms. The smallest absolute Gasteiger partial charge is 0.309 e. The van der Waals surface area contributed by atoms with Gasteiger partial charge in [0.05, 0.1) is 5.41 Å². The van der Waals surface area contributed by atoms with Crippen LogP contribution in [0.1, 0.15) is 58.3 Å². The van der Waals surface area contributed by atoms with Gasteiger partial charge < -0.3 is 5.11 Å². The number of rotatable bonds is 5. The third kappa shape index (κ3) is 3.01. The molecule has 1 N–H and O–H groups in total. The van der Waals surface area contributed by atoms with Crippen LogP contribution < -0.4 is 0 Å². The second kappa shape index (κ2) is 5.94. The van der Waals surface area contributed by atoms with E-state index in [2.05, 4.69) is 12.8 Å². The van der Waals surface area contributed by atoms with Gasteiger partial charge >= 0.3 is 5.97 Å². The molecule has 0 aromatic heterocycles. The molecule has 0 bridgehead atoms. The first-order valence-electron chi connectivity index (χ1n) is 6.31. The zero-order chi connectivity index (χ0) is 12.0. The van der Waals surface area contributed by atoms with E-state index in [0.717, 1.165) is 44.4 Å². The lowest BCUT2D eigenvalue weighted by atomic mass is 9.67. The summed E-state index contributed by atoms with van der Waals surface area (Å²) in [5.74, 6) is 2.71. The topological polar surface area (TPSA) is 37.3 Å². The van der Waals surface area contributed by atoms with Gasteiger partial charge in [-0.15, -0.1) is 12.3 Å². The fourth-order valence-corrected chi connectivity index (χ4v) is 2.74. The summed E-state index contributed by atoms with van der Waals surface area (Å²) in [4.78, 5) is 11.4. The Morgan fingerprint density at radius 2 is 2.12 bits per heavy atom. The van der Waals surface area contributed by atoms with E-state index in [1.165, 1.54) is 6.42 Å². The lowest BCUT2D eigenvalue weighted by Gasteiger charge is -2.36. The lowest BCUT2D eigenvalue weighted by Crippen LogP contribution is -2.35. The average Bonchev–Trinajstić information content (AvgIpc) is 2.30. The van der Waals surface area contributed by atoms with Gasteiger partial charge in [0.2, 0.25) is 0 Å². The lowest BCUT2D eigenvalue weighted by molar-refractivity contribution is -0.152. The molecule has 0 amide bonds. The first-order valence-corrected chi connectivity index (χ1v) is 6.31. The van der Waals surface area contributed by atoms with Gasteiger partial charge in [0.15, 0.2) is 0 Å². The Labute approximate surface area is 98.4 Å². The van der Waals surface area contributed by atoms with Crippen molar-refractivity contribution in [2.24, 2.45) is 11.3 Å². The molecule has 2 nitrogen and oxygen atoms in total. The molecule has 0 atom stereocenters. The van der Waals surface area contributed by atoms with Crippen LogP contribution in [0, 0.1) is 23.7 Å². The first-order chi connectivity index (χ1) is 7.64. The summed E-state index contributed by atoms with van der Waals surface area (Å²) in [7, 11) is 0. The molecule has 0 aromatic carbocycles. The molecule has 1 rings (SSSR count). The van der Waals surface area contributed by atoms with Gasteiger partial charge in [0.1, 0.15) is 0 Å². The van der Waals surface area contributed by atoms with Crippen molar-refractivity contribution < 1.29 is 9.90 Å². The third-order valence-electron chi connectivity index (χ3n) is 4.07. The highest BCUT2D eigenvalue weighted by Crippen LogP contribution is 2.43. The average molecular weight is 222 g/mol. The number of hydrogen-bond donors (Lipinski definition) is 1. The predicted octanol–water partition coefficient (Wildman–Crippen LogP) is 3.46. The van der Waals surface area contributed by atoms with Crippen LogP contribution in [-0.4, -0.2) is 11.1 Å². The zero-order valence-corrected chi connectivity index (χ0v) is 10.2. The van der Waals surface area contributed by atoms with Gasteiger partial charge in [-0.1, -0.05) is 13.3 Å². The molecule has 0 aromatic rings. The number of unbranched alkanes of at least 4 members (excludes halogenated alkanes) is 1. The van der Waals surface area contributed by atoms with Crippen molar-refractivity contribution in [3.63, 3.8) is 0 Å². The van der Waals surface area contributed by atoms with Crippen molar-refractivity contribution in [1.82, 2.24) is 0 Å². The van der Waals surface area contributed by atoms with E-state index in [9.17, 15) is 9.90 Å². The predicted molar refractivity (Wildman–Crippen MR) is 65.0 cm³/mol. The van der Waals surface area contributed by atoms with Crippen LogP contribution in [0.3, 0.4) is 0 Å².